The maximum absolute atomic E-state index is 3.62. The van der Waals surface area contributed by atoms with Gasteiger partial charge in [0.15, 0.2) is 0 Å². The zero-order valence-corrected chi connectivity index (χ0v) is 14.2. The fraction of sp³-hybridized carbons (Fsp3) is 0.333. The summed E-state index contributed by atoms with van der Waals surface area (Å²) in [5.41, 5.74) is 5.45. The third kappa shape index (κ3) is 2.85. The Balaban J connectivity index is 2.05. The molecule has 2 aromatic rings. The summed E-state index contributed by atoms with van der Waals surface area (Å²) in [5.74, 6) is 0. The monoisotopic (exact) mass is 344 g/mol. The highest BCUT2D eigenvalue weighted by molar-refractivity contribution is 9.10. The molecule has 1 aliphatic heterocycles. The molecule has 2 aromatic carbocycles. The lowest BCUT2D eigenvalue weighted by Crippen LogP contribution is -2.26. The molecule has 3 rings (SSSR count). The van der Waals surface area contributed by atoms with Crippen LogP contribution in [0.2, 0.25) is 0 Å². The summed E-state index contributed by atoms with van der Waals surface area (Å²) in [7, 11) is 0. The zero-order chi connectivity index (χ0) is 14.8. The Morgan fingerprint density at radius 3 is 2.81 bits per heavy atom. The molecule has 0 aromatic heterocycles. The summed E-state index contributed by atoms with van der Waals surface area (Å²) in [6, 6.07) is 15.8. The molecule has 1 aliphatic rings. The van der Waals surface area contributed by atoms with E-state index in [9.17, 15) is 0 Å². The Kier molecular flexibility index (Phi) is 4.32. The summed E-state index contributed by atoms with van der Waals surface area (Å²) in [5, 5.41) is 3.44. The number of hydrogen-bond donors (Lipinski definition) is 1. The van der Waals surface area contributed by atoms with Gasteiger partial charge in [0, 0.05) is 28.4 Å². The summed E-state index contributed by atoms with van der Waals surface area (Å²) in [6.45, 7) is 6.34. The number of fused-ring (bicyclic) bond motifs is 1. The molecule has 0 bridgehead atoms. The van der Waals surface area contributed by atoms with Crippen LogP contribution in [0.4, 0.5) is 11.4 Å². The van der Waals surface area contributed by atoms with Crippen LogP contribution in [-0.2, 0) is 13.0 Å². The van der Waals surface area contributed by atoms with Crippen LogP contribution in [0.1, 0.15) is 25.0 Å². The van der Waals surface area contributed by atoms with Crippen LogP contribution in [-0.4, -0.2) is 12.6 Å². The van der Waals surface area contributed by atoms with Gasteiger partial charge in [-0.25, -0.2) is 0 Å². The molecule has 0 saturated heterocycles. The average molecular weight is 345 g/mol. The van der Waals surface area contributed by atoms with Crippen molar-refractivity contribution in [3.8, 4) is 0 Å². The third-order valence-corrected chi connectivity index (χ3v) is 4.57. The van der Waals surface area contributed by atoms with Crippen LogP contribution in [0, 0.1) is 0 Å². The van der Waals surface area contributed by atoms with Crippen molar-refractivity contribution >= 4 is 27.3 Å². The van der Waals surface area contributed by atoms with Crippen LogP contribution in [0.3, 0.4) is 0 Å². The minimum absolute atomic E-state index is 0.497. The van der Waals surface area contributed by atoms with E-state index >= 15 is 0 Å². The molecular weight excluding hydrogens is 324 g/mol. The number of rotatable bonds is 4. The molecule has 1 atom stereocenters. The molecule has 1 unspecified atom stereocenters. The Morgan fingerprint density at radius 1 is 1.19 bits per heavy atom. The Labute approximate surface area is 135 Å². The lowest BCUT2D eigenvalue weighted by atomic mass is 10.1. The number of anilines is 2. The molecule has 21 heavy (non-hydrogen) atoms. The zero-order valence-electron chi connectivity index (χ0n) is 12.6. The average Bonchev–Trinajstić information content (AvgIpc) is 2.81. The van der Waals surface area contributed by atoms with E-state index in [1.807, 2.05) is 0 Å². The Hall–Kier alpha value is -1.32. The highest BCUT2D eigenvalue weighted by Crippen LogP contribution is 2.40. The highest BCUT2D eigenvalue weighted by atomic mass is 79.9. The van der Waals surface area contributed by atoms with E-state index in [2.05, 4.69) is 82.5 Å². The molecule has 0 amide bonds. The van der Waals surface area contributed by atoms with Crippen molar-refractivity contribution in [2.24, 2.45) is 0 Å². The van der Waals surface area contributed by atoms with E-state index in [0.29, 0.717) is 6.04 Å². The van der Waals surface area contributed by atoms with E-state index in [1.165, 1.54) is 22.5 Å². The second-order valence-corrected chi connectivity index (χ2v) is 6.52. The standard InChI is InChI=1S/C18H21BrN2/c1-3-20-12-15-8-9-16(19)11-18(15)21-13(2)10-14-6-4-5-7-17(14)21/h4-9,11,13,20H,3,10,12H2,1-2H3. The minimum atomic E-state index is 0.497. The van der Waals surface area contributed by atoms with Gasteiger partial charge in [0.1, 0.15) is 0 Å². The van der Waals surface area contributed by atoms with Gasteiger partial charge in [-0.2, -0.15) is 0 Å². The van der Waals surface area contributed by atoms with Crippen molar-refractivity contribution in [1.82, 2.24) is 5.32 Å². The molecule has 2 nitrogen and oxygen atoms in total. The van der Waals surface area contributed by atoms with Crippen LogP contribution < -0.4 is 10.2 Å². The fourth-order valence-electron chi connectivity index (χ4n) is 3.10. The summed E-state index contributed by atoms with van der Waals surface area (Å²) in [6.07, 6.45) is 1.11. The SMILES string of the molecule is CCNCc1ccc(Br)cc1N1c2ccccc2CC1C. The van der Waals surface area contributed by atoms with E-state index in [0.717, 1.165) is 24.0 Å². The predicted octanol–water partition coefficient (Wildman–Crippen LogP) is 4.64. The van der Waals surface area contributed by atoms with Gasteiger partial charge in [0.2, 0.25) is 0 Å². The topological polar surface area (TPSA) is 15.3 Å². The molecular formula is C18H21BrN2. The normalized spacial score (nSPS) is 17.1. The van der Waals surface area contributed by atoms with E-state index in [1.54, 1.807) is 0 Å². The molecule has 1 heterocycles. The van der Waals surface area contributed by atoms with Gasteiger partial charge in [0.05, 0.1) is 0 Å². The number of nitrogens with one attached hydrogen (secondary N) is 1. The lowest BCUT2D eigenvalue weighted by molar-refractivity contribution is 0.714. The van der Waals surface area contributed by atoms with Gasteiger partial charge in [-0.1, -0.05) is 47.1 Å². The van der Waals surface area contributed by atoms with Crippen LogP contribution >= 0.6 is 15.9 Å². The van der Waals surface area contributed by atoms with Gasteiger partial charge in [-0.05, 0) is 49.2 Å². The third-order valence-electron chi connectivity index (χ3n) is 4.08. The van der Waals surface area contributed by atoms with E-state index < -0.39 is 0 Å². The summed E-state index contributed by atoms with van der Waals surface area (Å²) >= 11 is 3.62. The predicted molar refractivity (Wildman–Crippen MR) is 93.3 cm³/mol. The van der Waals surface area contributed by atoms with Crippen molar-refractivity contribution in [3.05, 3.63) is 58.1 Å². The van der Waals surface area contributed by atoms with Gasteiger partial charge in [0.25, 0.3) is 0 Å². The number of nitrogens with zero attached hydrogens (tertiary/aromatic N) is 1. The smallest absolute Gasteiger partial charge is 0.0470 e. The molecule has 0 aliphatic carbocycles. The first kappa shape index (κ1) is 14.6. The quantitative estimate of drug-likeness (QED) is 0.868. The van der Waals surface area contributed by atoms with Gasteiger partial charge in [-0.3, -0.25) is 0 Å². The van der Waals surface area contributed by atoms with E-state index in [4.69, 9.17) is 0 Å². The number of halogens is 1. The summed E-state index contributed by atoms with van der Waals surface area (Å²) < 4.78 is 1.13. The first-order valence-corrected chi connectivity index (χ1v) is 8.36. The largest absolute Gasteiger partial charge is 0.338 e. The fourth-order valence-corrected chi connectivity index (χ4v) is 3.45. The second-order valence-electron chi connectivity index (χ2n) is 5.61. The number of benzene rings is 2. The van der Waals surface area contributed by atoms with Gasteiger partial charge < -0.3 is 10.2 Å². The number of para-hydroxylation sites is 1. The maximum Gasteiger partial charge on any atom is 0.0470 e. The first-order valence-electron chi connectivity index (χ1n) is 7.57. The molecule has 0 fully saturated rings. The van der Waals surface area contributed by atoms with Crippen molar-refractivity contribution in [1.29, 1.82) is 0 Å². The first-order chi connectivity index (χ1) is 10.2. The molecule has 1 N–H and O–H groups in total. The maximum atomic E-state index is 3.62. The Bertz CT molecular complexity index is 639. The van der Waals surface area contributed by atoms with Crippen molar-refractivity contribution < 1.29 is 0 Å². The molecule has 0 radical (unpaired) electrons. The molecule has 110 valence electrons. The highest BCUT2D eigenvalue weighted by Gasteiger charge is 2.28. The van der Waals surface area contributed by atoms with Gasteiger partial charge in [-0.15, -0.1) is 0 Å². The molecule has 0 saturated carbocycles. The summed E-state index contributed by atoms with van der Waals surface area (Å²) in [4.78, 5) is 2.48. The molecule has 3 heteroatoms. The van der Waals surface area contributed by atoms with Gasteiger partial charge >= 0.3 is 0 Å². The van der Waals surface area contributed by atoms with Crippen LogP contribution in [0.15, 0.2) is 46.9 Å². The van der Waals surface area contributed by atoms with Crippen molar-refractivity contribution in [2.45, 2.75) is 32.9 Å². The Morgan fingerprint density at radius 2 is 2.00 bits per heavy atom. The minimum Gasteiger partial charge on any atom is -0.338 e. The molecule has 0 spiro atoms. The lowest BCUT2D eigenvalue weighted by Gasteiger charge is -2.28. The van der Waals surface area contributed by atoms with Crippen molar-refractivity contribution in [2.75, 3.05) is 11.4 Å². The number of hydrogen-bond acceptors (Lipinski definition) is 2. The van der Waals surface area contributed by atoms with Crippen LogP contribution in [0.25, 0.3) is 0 Å². The van der Waals surface area contributed by atoms with Crippen LogP contribution in [0.5, 0.6) is 0 Å². The van der Waals surface area contributed by atoms with E-state index in [-0.39, 0.29) is 0 Å². The van der Waals surface area contributed by atoms with Crippen molar-refractivity contribution in [3.63, 3.8) is 0 Å². The second kappa shape index (κ2) is 6.20.